The van der Waals surface area contributed by atoms with E-state index < -0.39 is 130 Å². The quantitative estimate of drug-likeness (QED) is 0.0626. The second kappa shape index (κ2) is 24.2. The SMILES string of the molecule is CCCCOC(=O)CCn1c(=O)n(CCC(C)=O)c(=O)n(CCC(=O)OCCn2c(=O)n(CCO)c(=O)n(CCOCN3C(=O)N(COC)C4C3N(COC)C(=O)N4COC)c2=O)c1=O. The average molecular weight is 929 g/mol. The number of methoxy groups -OCH3 is 3. The lowest BCUT2D eigenvalue weighted by atomic mass is 10.3. The average Bonchev–Trinajstić information content (AvgIpc) is 3.68. The maximum Gasteiger partial charge on any atom is 0.336 e. The monoisotopic (exact) mass is 928 g/mol. The van der Waals surface area contributed by atoms with Gasteiger partial charge in [-0.05, 0) is 13.3 Å². The Morgan fingerprint density at radius 1 is 0.492 bits per heavy atom. The van der Waals surface area contributed by atoms with Crippen molar-refractivity contribution in [2.45, 2.75) is 97.6 Å². The van der Waals surface area contributed by atoms with Crippen LogP contribution in [0.3, 0.4) is 0 Å². The molecule has 2 fully saturated rings. The Morgan fingerprint density at radius 2 is 0.846 bits per heavy atom. The lowest BCUT2D eigenvalue weighted by molar-refractivity contribution is -0.145. The van der Waals surface area contributed by atoms with E-state index in [1.807, 2.05) is 6.92 Å². The molecule has 4 heterocycles. The van der Waals surface area contributed by atoms with E-state index in [1.54, 1.807) is 0 Å². The van der Waals surface area contributed by atoms with Crippen molar-refractivity contribution in [3.8, 4) is 0 Å². The van der Waals surface area contributed by atoms with Crippen molar-refractivity contribution in [3.05, 3.63) is 62.9 Å². The highest BCUT2D eigenvalue weighted by Crippen LogP contribution is 2.34. The molecule has 0 saturated carbocycles. The zero-order valence-corrected chi connectivity index (χ0v) is 36.9. The van der Waals surface area contributed by atoms with Crippen LogP contribution in [-0.2, 0) is 82.1 Å². The van der Waals surface area contributed by atoms with Gasteiger partial charge in [0.15, 0.2) is 12.3 Å². The molecular formula is C37H56N10O18. The number of Topliss-reactive ketones (excluding diaryl/α,β-unsaturated/α-hetero) is 1. The number of carbonyl (C=O) groups is 5. The highest BCUT2D eigenvalue weighted by Gasteiger charge is 2.59. The molecular weight excluding hydrogens is 872 g/mol. The molecule has 28 heteroatoms. The fourth-order valence-electron chi connectivity index (χ4n) is 7.04. The molecule has 4 amide bonds. The molecule has 2 aromatic heterocycles. The van der Waals surface area contributed by atoms with Crippen LogP contribution in [0.5, 0.6) is 0 Å². The highest BCUT2D eigenvalue weighted by atomic mass is 16.5. The minimum atomic E-state index is -1.13. The normalized spacial score (nSPS) is 15.9. The Bertz CT molecular complexity index is 2400. The Labute approximate surface area is 369 Å². The number of aromatic nitrogens is 6. The minimum absolute atomic E-state index is 0.136. The Kier molecular flexibility index (Phi) is 19.1. The predicted octanol–water partition coefficient (Wildman–Crippen LogP) is -4.09. The number of ketones is 1. The zero-order valence-electron chi connectivity index (χ0n) is 36.9. The minimum Gasteiger partial charge on any atom is -0.466 e. The van der Waals surface area contributed by atoms with Gasteiger partial charge in [0.1, 0.15) is 39.3 Å². The summed E-state index contributed by atoms with van der Waals surface area (Å²) in [6.07, 6.45) is -1.65. The predicted molar refractivity (Wildman–Crippen MR) is 219 cm³/mol. The van der Waals surface area contributed by atoms with Crippen molar-refractivity contribution in [1.82, 2.24) is 47.0 Å². The number of amides is 4. The lowest BCUT2D eigenvalue weighted by Crippen LogP contribution is -2.55. The first-order chi connectivity index (χ1) is 31.1. The molecule has 4 rings (SSSR count). The molecule has 1 N–H and O–H groups in total. The molecule has 0 aliphatic carbocycles. The third-order valence-electron chi connectivity index (χ3n) is 10.2. The number of aliphatic hydroxyl groups is 1. The van der Waals surface area contributed by atoms with Crippen LogP contribution in [0.25, 0.3) is 0 Å². The van der Waals surface area contributed by atoms with E-state index in [0.717, 1.165) is 6.42 Å². The number of esters is 2. The van der Waals surface area contributed by atoms with Gasteiger partial charge >= 0.3 is 58.1 Å². The Hall–Kier alpha value is -6.23. The number of carbonyl (C=O) groups excluding carboxylic acids is 5. The summed E-state index contributed by atoms with van der Waals surface area (Å²) in [6.45, 7) is -2.38. The Balaban J connectivity index is 1.46. The van der Waals surface area contributed by atoms with E-state index in [-0.39, 0.29) is 58.6 Å². The number of urea groups is 2. The van der Waals surface area contributed by atoms with Gasteiger partial charge in [0, 0.05) is 47.4 Å². The van der Waals surface area contributed by atoms with Crippen LogP contribution in [0.2, 0.25) is 0 Å². The molecule has 0 bridgehead atoms. The van der Waals surface area contributed by atoms with Gasteiger partial charge in [-0.3, -0.25) is 34.0 Å². The van der Waals surface area contributed by atoms with E-state index in [1.165, 1.54) is 47.9 Å². The molecule has 2 unspecified atom stereocenters. The van der Waals surface area contributed by atoms with Gasteiger partial charge in [-0.1, -0.05) is 13.3 Å². The number of fused-ring (bicyclic) bond motifs is 1. The first-order valence-corrected chi connectivity index (χ1v) is 20.6. The van der Waals surface area contributed by atoms with Crippen LogP contribution < -0.4 is 34.1 Å². The van der Waals surface area contributed by atoms with Crippen LogP contribution in [0.4, 0.5) is 9.59 Å². The van der Waals surface area contributed by atoms with E-state index in [0.29, 0.717) is 33.8 Å². The maximum atomic E-state index is 13.5. The second-order valence-corrected chi connectivity index (χ2v) is 14.6. The summed E-state index contributed by atoms with van der Waals surface area (Å²) in [7, 11) is 4.11. The van der Waals surface area contributed by atoms with Crippen molar-refractivity contribution in [3.63, 3.8) is 0 Å². The van der Waals surface area contributed by atoms with Crippen LogP contribution in [0, 0.1) is 0 Å². The summed E-state index contributed by atoms with van der Waals surface area (Å²) in [4.78, 5) is 148. The van der Waals surface area contributed by atoms with Gasteiger partial charge in [0.25, 0.3) is 0 Å². The number of nitrogens with zero attached hydrogens (tertiary/aromatic N) is 10. The molecule has 28 nitrogen and oxygen atoms in total. The molecule has 0 radical (unpaired) electrons. The zero-order chi connectivity index (χ0) is 48.0. The summed E-state index contributed by atoms with van der Waals surface area (Å²) in [5.74, 6) is -2.05. The third-order valence-corrected chi connectivity index (χ3v) is 10.2. The molecule has 2 aliphatic heterocycles. The number of aliphatic hydroxyl groups excluding tert-OH is 1. The van der Waals surface area contributed by atoms with Crippen molar-refractivity contribution in [2.75, 3.05) is 74.7 Å². The van der Waals surface area contributed by atoms with Gasteiger partial charge in [-0.25, -0.2) is 65.8 Å². The van der Waals surface area contributed by atoms with E-state index in [9.17, 15) is 57.8 Å². The van der Waals surface area contributed by atoms with E-state index in [2.05, 4.69) is 0 Å². The number of unbranched alkanes of at least 4 members (excludes halogenated alkanes) is 1. The fourth-order valence-corrected chi connectivity index (χ4v) is 7.04. The van der Waals surface area contributed by atoms with E-state index >= 15 is 0 Å². The van der Waals surface area contributed by atoms with Crippen LogP contribution in [0.1, 0.15) is 46.0 Å². The van der Waals surface area contributed by atoms with Crippen LogP contribution in [-0.4, -0.2) is 169 Å². The maximum absolute atomic E-state index is 13.5. The van der Waals surface area contributed by atoms with Crippen molar-refractivity contribution in [2.24, 2.45) is 0 Å². The first-order valence-electron chi connectivity index (χ1n) is 20.6. The molecule has 0 aromatic carbocycles. The molecule has 65 heavy (non-hydrogen) atoms. The number of hydrogen-bond acceptors (Lipinski definition) is 18. The largest absolute Gasteiger partial charge is 0.466 e. The summed E-state index contributed by atoms with van der Waals surface area (Å²) >= 11 is 0. The lowest BCUT2D eigenvalue weighted by Gasteiger charge is -2.28. The summed E-state index contributed by atoms with van der Waals surface area (Å²) in [5.41, 5.74) is -6.66. The van der Waals surface area contributed by atoms with Crippen molar-refractivity contribution in [1.29, 1.82) is 0 Å². The Morgan fingerprint density at radius 3 is 1.23 bits per heavy atom. The second-order valence-electron chi connectivity index (χ2n) is 14.6. The van der Waals surface area contributed by atoms with Gasteiger partial charge < -0.3 is 33.5 Å². The molecule has 2 saturated heterocycles. The smallest absolute Gasteiger partial charge is 0.336 e. The third kappa shape index (κ3) is 11.9. The summed E-state index contributed by atoms with van der Waals surface area (Å²) in [5, 5.41) is 9.59. The van der Waals surface area contributed by atoms with Crippen LogP contribution >= 0.6 is 0 Å². The highest BCUT2D eigenvalue weighted by molar-refractivity contribution is 5.85. The van der Waals surface area contributed by atoms with Gasteiger partial charge in [-0.15, -0.1) is 0 Å². The number of ether oxygens (including phenoxy) is 6. The standard InChI is InChI=1S/C37H56N10O18/c1-6-7-18-64-26(50)9-12-39-30(52)38(11-8-25(2)49)31(53)40(32(39)54)13-10-27(51)65-20-16-43-34(56)41(14-17-48)33(55)42(35(43)57)15-19-63-24-47-29-28(45(22-61-4)37(47)59)44(21-60-3)36(58)46(29)23-62-5/h28-29,48H,6-24H2,1-5H3. The van der Waals surface area contributed by atoms with Gasteiger partial charge in [-0.2, -0.15) is 0 Å². The summed E-state index contributed by atoms with van der Waals surface area (Å²) < 4.78 is 35.3. The van der Waals surface area contributed by atoms with E-state index in [4.69, 9.17) is 28.4 Å². The fraction of sp³-hybridized carbons (Fsp3) is 0.703. The molecule has 2 aromatic rings. The molecule has 2 aliphatic rings. The van der Waals surface area contributed by atoms with Crippen LogP contribution in [0.15, 0.2) is 28.8 Å². The van der Waals surface area contributed by atoms with Gasteiger partial charge in [0.05, 0.1) is 52.3 Å². The first kappa shape index (κ1) is 51.4. The molecule has 0 spiro atoms. The molecule has 2 atom stereocenters. The summed E-state index contributed by atoms with van der Waals surface area (Å²) in [6, 6.07) is -1.07. The van der Waals surface area contributed by atoms with Crippen molar-refractivity contribution >= 4 is 29.8 Å². The molecule has 362 valence electrons. The topological polar surface area (TPSA) is 306 Å². The number of rotatable bonds is 28. The van der Waals surface area contributed by atoms with Crippen molar-refractivity contribution < 1.29 is 57.5 Å². The van der Waals surface area contributed by atoms with Gasteiger partial charge in [0.2, 0.25) is 0 Å². The number of hydrogen-bond donors (Lipinski definition) is 1.